The molecule has 2 aliphatic heterocycles. The van der Waals surface area contributed by atoms with Gasteiger partial charge in [0, 0.05) is 61.2 Å². The smallest absolute Gasteiger partial charge is 0.222 e. The third kappa shape index (κ3) is 4.38. The Hall–Kier alpha value is -1.79. The number of rotatable bonds is 5. The zero-order valence-corrected chi connectivity index (χ0v) is 16.9. The first-order chi connectivity index (χ1) is 13.1. The standard InChI is InChI=1S/C21H28N4OS/c1-17-19(27-16-23-17)13-24-11-4-8-21(14-24)9-6-20(26)25(15-21)12-7-18-5-2-3-10-22-18/h2-3,5,10,16H,4,6-9,11-15H2,1H3. The van der Waals surface area contributed by atoms with Gasteiger partial charge in [0.2, 0.25) is 5.91 Å². The fraction of sp³-hybridized carbons (Fsp3) is 0.571. The fourth-order valence-corrected chi connectivity index (χ4v) is 5.38. The van der Waals surface area contributed by atoms with Gasteiger partial charge in [-0.25, -0.2) is 4.98 Å². The van der Waals surface area contributed by atoms with E-state index in [1.165, 1.54) is 17.7 Å². The molecule has 0 aliphatic carbocycles. The second-order valence-corrected chi connectivity index (χ2v) is 9.00. The third-order valence-corrected chi connectivity index (χ3v) is 6.98. The Bertz CT molecular complexity index is 777. The van der Waals surface area contributed by atoms with Crippen LogP contribution in [0.4, 0.5) is 0 Å². The summed E-state index contributed by atoms with van der Waals surface area (Å²) in [5.74, 6) is 0.312. The lowest BCUT2D eigenvalue weighted by Crippen LogP contribution is -2.54. The predicted molar refractivity (Wildman–Crippen MR) is 108 cm³/mol. The zero-order valence-electron chi connectivity index (χ0n) is 16.1. The number of amides is 1. The molecule has 1 amide bonds. The van der Waals surface area contributed by atoms with E-state index in [9.17, 15) is 4.79 Å². The van der Waals surface area contributed by atoms with Crippen molar-refractivity contribution in [2.75, 3.05) is 26.2 Å². The van der Waals surface area contributed by atoms with Gasteiger partial charge in [-0.15, -0.1) is 11.3 Å². The minimum Gasteiger partial charge on any atom is -0.342 e. The summed E-state index contributed by atoms with van der Waals surface area (Å²) in [7, 11) is 0. The molecule has 27 heavy (non-hydrogen) atoms. The first kappa shape index (κ1) is 18.6. The second kappa shape index (κ2) is 8.07. The normalized spacial score (nSPS) is 23.9. The molecule has 0 aromatic carbocycles. The number of piperidine rings is 2. The summed E-state index contributed by atoms with van der Waals surface area (Å²) in [5.41, 5.74) is 4.43. The van der Waals surface area contributed by atoms with Gasteiger partial charge < -0.3 is 4.90 Å². The van der Waals surface area contributed by atoms with Crippen molar-refractivity contribution in [1.29, 1.82) is 0 Å². The van der Waals surface area contributed by atoms with Crippen LogP contribution in [0.25, 0.3) is 0 Å². The Morgan fingerprint density at radius 1 is 1.22 bits per heavy atom. The van der Waals surface area contributed by atoms with Gasteiger partial charge in [0.25, 0.3) is 0 Å². The molecule has 1 spiro atoms. The number of likely N-dealkylation sites (tertiary alicyclic amines) is 2. The number of pyridine rings is 1. The van der Waals surface area contributed by atoms with Gasteiger partial charge in [-0.2, -0.15) is 0 Å². The number of carbonyl (C=O) groups is 1. The molecule has 4 rings (SSSR count). The van der Waals surface area contributed by atoms with E-state index in [2.05, 4.69) is 26.7 Å². The van der Waals surface area contributed by atoms with Gasteiger partial charge in [-0.1, -0.05) is 6.07 Å². The Morgan fingerprint density at radius 2 is 2.15 bits per heavy atom. The van der Waals surface area contributed by atoms with Crippen LogP contribution in [0, 0.1) is 12.3 Å². The van der Waals surface area contributed by atoms with Crippen molar-refractivity contribution in [2.45, 2.75) is 45.6 Å². The highest BCUT2D eigenvalue weighted by molar-refractivity contribution is 7.09. The van der Waals surface area contributed by atoms with Crippen molar-refractivity contribution in [3.05, 3.63) is 46.2 Å². The van der Waals surface area contributed by atoms with Gasteiger partial charge in [0.05, 0.1) is 11.2 Å². The van der Waals surface area contributed by atoms with Crippen LogP contribution in [-0.2, 0) is 17.8 Å². The van der Waals surface area contributed by atoms with Gasteiger partial charge in [0.1, 0.15) is 0 Å². The average Bonchev–Trinajstić information content (AvgIpc) is 3.08. The van der Waals surface area contributed by atoms with Crippen LogP contribution in [0.15, 0.2) is 29.9 Å². The summed E-state index contributed by atoms with van der Waals surface area (Å²) in [5, 5.41) is 0. The van der Waals surface area contributed by atoms with Crippen LogP contribution in [0.1, 0.15) is 41.9 Å². The summed E-state index contributed by atoms with van der Waals surface area (Å²) in [4.78, 5) is 27.4. The lowest BCUT2D eigenvalue weighted by atomic mass is 9.73. The van der Waals surface area contributed by atoms with Crippen molar-refractivity contribution in [3.63, 3.8) is 0 Å². The maximum atomic E-state index is 12.5. The van der Waals surface area contributed by atoms with Crippen molar-refractivity contribution < 1.29 is 4.79 Å². The summed E-state index contributed by atoms with van der Waals surface area (Å²) in [6.45, 7) is 7.03. The molecule has 4 heterocycles. The quantitative estimate of drug-likeness (QED) is 0.794. The highest BCUT2D eigenvalue weighted by Crippen LogP contribution is 2.39. The molecule has 1 atom stereocenters. The third-order valence-electron chi connectivity index (χ3n) is 6.06. The maximum Gasteiger partial charge on any atom is 0.222 e. The number of hydrogen-bond acceptors (Lipinski definition) is 5. The molecule has 0 bridgehead atoms. The van der Waals surface area contributed by atoms with E-state index in [1.54, 1.807) is 11.3 Å². The molecule has 6 heteroatoms. The fourth-order valence-electron chi connectivity index (χ4n) is 4.56. The minimum atomic E-state index is 0.259. The van der Waals surface area contributed by atoms with Crippen molar-refractivity contribution >= 4 is 17.2 Å². The Labute approximate surface area is 165 Å². The first-order valence-electron chi connectivity index (χ1n) is 9.93. The van der Waals surface area contributed by atoms with Gasteiger partial charge in [0.15, 0.2) is 0 Å². The monoisotopic (exact) mass is 384 g/mol. The lowest BCUT2D eigenvalue weighted by Gasteiger charge is -2.48. The molecular weight excluding hydrogens is 356 g/mol. The maximum absolute atomic E-state index is 12.5. The molecule has 2 aromatic rings. The largest absolute Gasteiger partial charge is 0.342 e. The molecular formula is C21H28N4OS. The molecule has 0 N–H and O–H groups in total. The van der Waals surface area contributed by atoms with Gasteiger partial charge in [-0.05, 0) is 44.9 Å². The lowest BCUT2D eigenvalue weighted by molar-refractivity contribution is -0.139. The zero-order chi connectivity index (χ0) is 18.7. The van der Waals surface area contributed by atoms with E-state index in [4.69, 9.17) is 0 Å². The Morgan fingerprint density at radius 3 is 2.93 bits per heavy atom. The first-order valence-corrected chi connectivity index (χ1v) is 10.8. The SMILES string of the molecule is Cc1ncsc1CN1CCCC2(CCC(=O)N(CCc3ccccn3)C2)C1. The summed E-state index contributed by atoms with van der Waals surface area (Å²) in [6, 6.07) is 6.00. The van der Waals surface area contributed by atoms with Crippen molar-refractivity contribution in [3.8, 4) is 0 Å². The molecule has 2 saturated heterocycles. The molecule has 144 valence electrons. The average molecular weight is 385 g/mol. The van der Waals surface area contributed by atoms with E-state index >= 15 is 0 Å². The highest BCUT2D eigenvalue weighted by Gasteiger charge is 2.41. The van der Waals surface area contributed by atoms with Gasteiger partial charge >= 0.3 is 0 Å². The molecule has 0 saturated carbocycles. The van der Waals surface area contributed by atoms with E-state index in [0.717, 1.165) is 57.0 Å². The van der Waals surface area contributed by atoms with Crippen LogP contribution >= 0.6 is 11.3 Å². The second-order valence-electron chi connectivity index (χ2n) is 8.06. The highest BCUT2D eigenvalue weighted by atomic mass is 32.1. The number of hydrogen-bond donors (Lipinski definition) is 0. The molecule has 1 unspecified atom stereocenters. The molecule has 2 aliphatic rings. The molecule has 5 nitrogen and oxygen atoms in total. The van der Waals surface area contributed by atoms with Crippen LogP contribution in [0.2, 0.25) is 0 Å². The Balaban J connectivity index is 1.39. The minimum absolute atomic E-state index is 0.259. The molecule has 0 radical (unpaired) electrons. The van der Waals surface area contributed by atoms with E-state index < -0.39 is 0 Å². The predicted octanol–water partition coefficient (Wildman–Crippen LogP) is 3.29. The number of aromatic nitrogens is 2. The van der Waals surface area contributed by atoms with Crippen LogP contribution in [-0.4, -0.2) is 51.9 Å². The number of nitrogens with zero attached hydrogens (tertiary/aromatic N) is 4. The Kier molecular flexibility index (Phi) is 5.55. The number of carbonyl (C=O) groups excluding carboxylic acids is 1. The summed E-state index contributed by atoms with van der Waals surface area (Å²) < 4.78 is 0. The summed E-state index contributed by atoms with van der Waals surface area (Å²) >= 11 is 1.76. The van der Waals surface area contributed by atoms with Crippen molar-refractivity contribution in [1.82, 2.24) is 19.8 Å². The van der Waals surface area contributed by atoms with Crippen LogP contribution in [0.5, 0.6) is 0 Å². The van der Waals surface area contributed by atoms with Crippen molar-refractivity contribution in [2.24, 2.45) is 5.41 Å². The number of aryl methyl sites for hydroxylation is 1. The van der Waals surface area contributed by atoms with E-state index in [0.29, 0.717) is 12.3 Å². The number of thiazole rings is 1. The topological polar surface area (TPSA) is 49.3 Å². The van der Waals surface area contributed by atoms with Crippen LogP contribution < -0.4 is 0 Å². The van der Waals surface area contributed by atoms with E-state index in [-0.39, 0.29) is 5.41 Å². The molecule has 2 fully saturated rings. The van der Waals surface area contributed by atoms with E-state index in [1.807, 2.05) is 29.9 Å². The molecule has 2 aromatic heterocycles. The van der Waals surface area contributed by atoms with Gasteiger partial charge in [-0.3, -0.25) is 14.7 Å². The van der Waals surface area contributed by atoms with Crippen LogP contribution in [0.3, 0.4) is 0 Å². The summed E-state index contributed by atoms with van der Waals surface area (Å²) in [6.07, 6.45) is 6.85.